The zero-order valence-electron chi connectivity index (χ0n) is 9.79. The number of benzene rings is 1. The summed E-state index contributed by atoms with van der Waals surface area (Å²) in [5, 5.41) is 9.61. The minimum Gasteiger partial charge on any atom is -0.493 e. The van der Waals surface area contributed by atoms with Crippen LogP contribution in [0.3, 0.4) is 0 Å². The normalized spacial score (nSPS) is 12.5. The lowest BCUT2D eigenvalue weighted by molar-refractivity contribution is 0.191. The van der Waals surface area contributed by atoms with Crippen LogP contribution in [0.5, 0.6) is 5.75 Å². The molecule has 0 radical (unpaired) electrons. The molecule has 0 fully saturated rings. The topological polar surface area (TPSA) is 29.5 Å². The van der Waals surface area contributed by atoms with Crippen molar-refractivity contribution in [3.63, 3.8) is 0 Å². The minimum atomic E-state index is -0.471. The summed E-state index contributed by atoms with van der Waals surface area (Å²) in [7, 11) is 0. The van der Waals surface area contributed by atoms with Crippen LogP contribution in [0.2, 0.25) is 0 Å². The Bertz CT molecular complexity index is 305. The van der Waals surface area contributed by atoms with Crippen LogP contribution in [0.15, 0.2) is 18.2 Å². The van der Waals surface area contributed by atoms with Gasteiger partial charge < -0.3 is 9.84 Å². The van der Waals surface area contributed by atoms with Crippen LogP contribution >= 0.6 is 0 Å². The van der Waals surface area contributed by atoms with Crippen LogP contribution in [0.25, 0.3) is 0 Å². The molecule has 0 aliphatic heterocycles. The number of aliphatic hydroxyl groups is 1. The zero-order valence-corrected chi connectivity index (χ0v) is 9.79. The van der Waals surface area contributed by atoms with Crippen molar-refractivity contribution >= 4 is 0 Å². The van der Waals surface area contributed by atoms with Gasteiger partial charge in [0.25, 0.3) is 0 Å². The zero-order chi connectivity index (χ0) is 11.3. The Morgan fingerprint density at radius 3 is 2.73 bits per heavy atom. The van der Waals surface area contributed by atoms with E-state index in [1.807, 2.05) is 25.1 Å². The minimum absolute atomic E-state index is 0.471. The van der Waals surface area contributed by atoms with E-state index in [-0.39, 0.29) is 0 Å². The highest BCUT2D eigenvalue weighted by Gasteiger charge is 2.08. The molecule has 2 nitrogen and oxygen atoms in total. The van der Waals surface area contributed by atoms with Gasteiger partial charge in [0, 0.05) is 5.56 Å². The van der Waals surface area contributed by atoms with E-state index in [2.05, 4.69) is 6.92 Å². The molecule has 2 heteroatoms. The van der Waals surface area contributed by atoms with Crippen LogP contribution in [-0.2, 0) is 0 Å². The highest BCUT2D eigenvalue weighted by molar-refractivity contribution is 5.38. The second-order valence-electron chi connectivity index (χ2n) is 3.92. The first-order valence-electron chi connectivity index (χ1n) is 5.56. The molecular formula is C13H20O2. The van der Waals surface area contributed by atoms with Gasteiger partial charge in [-0.05, 0) is 32.4 Å². The van der Waals surface area contributed by atoms with Crippen molar-refractivity contribution in [1.82, 2.24) is 0 Å². The van der Waals surface area contributed by atoms with Crippen LogP contribution in [0.4, 0.5) is 0 Å². The van der Waals surface area contributed by atoms with Gasteiger partial charge in [0.2, 0.25) is 0 Å². The first-order valence-corrected chi connectivity index (χ1v) is 5.56. The van der Waals surface area contributed by atoms with E-state index >= 15 is 0 Å². The van der Waals surface area contributed by atoms with Crippen molar-refractivity contribution in [2.75, 3.05) is 6.61 Å². The Labute approximate surface area is 91.9 Å². The van der Waals surface area contributed by atoms with Crippen molar-refractivity contribution < 1.29 is 9.84 Å². The number of ether oxygens (including phenoxy) is 1. The summed E-state index contributed by atoms with van der Waals surface area (Å²) in [6.07, 6.45) is 1.70. The average Bonchev–Trinajstić information content (AvgIpc) is 2.20. The summed E-state index contributed by atoms with van der Waals surface area (Å²) in [6.45, 7) is 6.64. The van der Waals surface area contributed by atoms with Gasteiger partial charge >= 0.3 is 0 Å². The molecule has 15 heavy (non-hydrogen) atoms. The summed E-state index contributed by atoms with van der Waals surface area (Å²) in [4.78, 5) is 0. The summed E-state index contributed by atoms with van der Waals surface area (Å²) < 4.78 is 5.63. The SMILES string of the molecule is CCCCOc1ccc(C)cc1[C@H](C)O. The number of rotatable bonds is 5. The molecule has 0 aliphatic rings. The fourth-order valence-electron chi connectivity index (χ4n) is 1.45. The Balaban J connectivity index is 2.77. The maximum Gasteiger partial charge on any atom is 0.125 e. The Hall–Kier alpha value is -1.02. The van der Waals surface area contributed by atoms with Crippen molar-refractivity contribution in [3.8, 4) is 5.75 Å². The average molecular weight is 208 g/mol. The molecule has 1 aromatic carbocycles. The third kappa shape index (κ3) is 3.56. The monoisotopic (exact) mass is 208 g/mol. The number of hydrogen-bond donors (Lipinski definition) is 1. The lowest BCUT2D eigenvalue weighted by atomic mass is 10.1. The third-order valence-electron chi connectivity index (χ3n) is 2.37. The maximum absolute atomic E-state index is 9.61. The molecule has 1 aromatic rings. The van der Waals surface area contributed by atoms with Gasteiger partial charge in [0.1, 0.15) is 5.75 Å². The number of hydrogen-bond acceptors (Lipinski definition) is 2. The standard InChI is InChI=1S/C13H20O2/c1-4-5-8-15-13-7-6-10(2)9-12(13)11(3)14/h6-7,9,11,14H,4-5,8H2,1-3H3/t11-/m0/s1. The van der Waals surface area contributed by atoms with Crippen LogP contribution in [-0.4, -0.2) is 11.7 Å². The Morgan fingerprint density at radius 1 is 1.40 bits per heavy atom. The van der Waals surface area contributed by atoms with E-state index in [0.29, 0.717) is 0 Å². The van der Waals surface area contributed by atoms with E-state index in [9.17, 15) is 5.11 Å². The first kappa shape index (κ1) is 12.1. The molecular weight excluding hydrogens is 188 g/mol. The van der Waals surface area contributed by atoms with E-state index in [1.54, 1.807) is 6.92 Å². The van der Waals surface area contributed by atoms with Gasteiger partial charge in [-0.3, -0.25) is 0 Å². The van der Waals surface area contributed by atoms with Crippen LogP contribution in [0, 0.1) is 6.92 Å². The van der Waals surface area contributed by atoms with Crippen molar-refractivity contribution in [2.45, 2.75) is 39.7 Å². The fraction of sp³-hybridized carbons (Fsp3) is 0.538. The van der Waals surface area contributed by atoms with E-state index in [1.165, 1.54) is 0 Å². The Kier molecular flexibility index (Phi) is 4.63. The van der Waals surface area contributed by atoms with Crippen molar-refractivity contribution in [2.24, 2.45) is 0 Å². The molecule has 1 N–H and O–H groups in total. The van der Waals surface area contributed by atoms with Gasteiger partial charge in [-0.1, -0.05) is 25.0 Å². The highest BCUT2D eigenvalue weighted by Crippen LogP contribution is 2.26. The predicted molar refractivity (Wildman–Crippen MR) is 62.2 cm³/mol. The third-order valence-corrected chi connectivity index (χ3v) is 2.37. The summed E-state index contributed by atoms with van der Waals surface area (Å²) in [6, 6.07) is 5.92. The van der Waals surface area contributed by atoms with E-state index in [0.717, 1.165) is 36.3 Å². The second kappa shape index (κ2) is 5.76. The van der Waals surface area contributed by atoms with Gasteiger partial charge in [-0.2, -0.15) is 0 Å². The largest absolute Gasteiger partial charge is 0.493 e. The molecule has 84 valence electrons. The predicted octanol–water partition coefficient (Wildman–Crippen LogP) is 3.23. The van der Waals surface area contributed by atoms with Crippen LogP contribution < -0.4 is 4.74 Å². The van der Waals surface area contributed by atoms with Gasteiger partial charge in [-0.25, -0.2) is 0 Å². The fourth-order valence-corrected chi connectivity index (χ4v) is 1.45. The smallest absolute Gasteiger partial charge is 0.125 e. The van der Waals surface area contributed by atoms with E-state index < -0.39 is 6.10 Å². The molecule has 0 amide bonds. The number of unbranched alkanes of at least 4 members (excludes halogenated alkanes) is 1. The van der Waals surface area contributed by atoms with Crippen molar-refractivity contribution in [3.05, 3.63) is 29.3 Å². The maximum atomic E-state index is 9.61. The molecule has 0 spiro atoms. The quantitative estimate of drug-likeness (QED) is 0.753. The molecule has 0 aliphatic carbocycles. The summed E-state index contributed by atoms with van der Waals surface area (Å²) >= 11 is 0. The molecule has 1 atom stereocenters. The van der Waals surface area contributed by atoms with Gasteiger partial charge in [-0.15, -0.1) is 0 Å². The molecule has 0 saturated heterocycles. The first-order chi connectivity index (χ1) is 7.15. The number of aryl methyl sites for hydroxylation is 1. The molecule has 0 saturated carbocycles. The molecule has 0 aromatic heterocycles. The highest BCUT2D eigenvalue weighted by atomic mass is 16.5. The molecule has 1 rings (SSSR count). The van der Waals surface area contributed by atoms with Gasteiger partial charge in [0.15, 0.2) is 0 Å². The summed E-state index contributed by atoms with van der Waals surface area (Å²) in [5.74, 6) is 0.809. The molecule has 0 bridgehead atoms. The number of aliphatic hydroxyl groups excluding tert-OH is 1. The van der Waals surface area contributed by atoms with E-state index in [4.69, 9.17) is 4.74 Å². The molecule has 0 unspecified atom stereocenters. The Morgan fingerprint density at radius 2 is 2.13 bits per heavy atom. The summed E-state index contributed by atoms with van der Waals surface area (Å²) in [5.41, 5.74) is 2.03. The van der Waals surface area contributed by atoms with Crippen molar-refractivity contribution in [1.29, 1.82) is 0 Å². The lowest BCUT2D eigenvalue weighted by Crippen LogP contribution is -2.02. The second-order valence-corrected chi connectivity index (χ2v) is 3.92. The molecule has 0 heterocycles. The van der Waals surface area contributed by atoms with Gasteiger partial charge in [0.05, 0.1) is 12.7 Å². The van der Waals surface area contributed by atoms with Crippen LogP contribution in [0.1, 0.15) is 43.9 Å². The lowest BCUT2D eigenvalue weighted by Gasteiger charge is -2.13.